The molecule has 0 aliphatic carbocycles. The number of hydrogen-bond donors (Lipinski definition) is 1. The Morgan fingerprint density at radius 1 is 1.44 bits per heavy atom. The van der Waals surface area contributed by atoms with Crippen LogP contribution >= 0.6 is 0 Å². The van der Waals surface area contributed by atoms with E-state index in [0.717, 1.165) is 6.26 Å². The summed E-state index contributed by atoms with van der Waals surface area (Å²) in [6.45, 7) is -0.646. The zero-order chi connectivity index (χ0) is 12.2. The van der Waals surface area contributed by atoms with Crippen LogP contribution in [0.15, 0.2) is 4.42 Å². The van der Waals surface area contributed by atoms with Gasteiger partial charge in [0.2, 0.25) is 11.8 Å². The number of carboxylic acids is 1. The first kappa shape index (κ1) is 12.6. The molecule has 8 nitrogen and oxygen atoms in total. The van der Waals surface area contributed by atoms with Crippen LogP contribution in [0.3, 0.4) is 0 Å². The maximum absolute atomic E-state index is 10.9. The van der Waals surface area contributed by atoms with Gasteiger partial charge in [-0.2, -0.15) is 0 Å². The first-order valence-electron chi connectivity index (χ1n) is 4.15. The molecule has 0 amide bonds. The van der Waals surface area contributed by atoms with Gasteiger partial charge in [-0.3, -0.25) is 0 Å². The van der Waals surface area contributed by atoms with Gasteiger partial charge in [-0.05, 0) is 0 Å². The highest BCUT2D eigenvalue weighted by Gasteiger charge is 2.12. The van der Waals surface area contributed by atoms with Crippen LogP contribution in [0.2, 0.25) is 0 Å². The van der Waals surface area contributed by atoms with E-state index >= 15 is 0 Å². The molecule has 0 aliphatic heterocycles. The van der Waals surface area contributed by atoms with Crippen molar-refractivity contribution in [3.63, 3.8) is 0 Å². The Hall–Kier alpha value is -1.48. The van der Waals surface area contributed by atoms with Crippen molar-refractivity contribution in [2.45, 2.75) is 12.4 Å². The maximum Gasteiger partial charge on any atom is 0.329 e. The molecule has 1 aromatic rings. The van der Waals surface area contributed by atoms with Crippen LogP contribution in [0.4, 0.5) is 0 Å². The van der Waals surface area contributed by atoms with Gasteiger partial charge in [0.25, 0.3) is 0 Å². The van der Waals surface area contributed by atoms with Crippen LogP contribution in [-0.4, -0.2) is 42.6 Å². The van der Waals surface area contributed by atoms with E-state index < -0.39 is 22.4 Å². The van der Waals surface area contributed by atoms with E-state index in [1.165, 1.54) is 0 Å². The molecule has 0 aromatic carbocycles. The third-order valence-electron chi connectivity index (χ3n) is 1.35. The van der Waals surface area contributed by atoms with Crippen molar-refractivity contribution >= 4 is 15.8 Å². The third kappa shape index (κ3) is 4.84. The molecule has 0 atom stereocenters. The lowest BCUT2D eigenvalue weighted by Crippen LogP contribution is -2.06. The van der Waals surface area contributed by atoms with Crippen LogP contribution in [-0.2, 0) is 31.7 Å². The van der Waals surface area contributed by atoms with Crippen molar-refractivity contribution in [1.29, 1.82) is 0 Å². The molecule has 1 N–H and O–H groups in total. The van der Waals surface area contributed by atoms with Gasteiger partial charge in [0, 0.05) is 6.26 Å². The quantitative estimate of drug-likeness (QED) is 0.697. The zero-order valence-electron chi connectivity index (χ0n) is 8.41. The molecule has 0 bridgehead atoms. The fourth-order valence-corrected chi connectivity index (χ4v) is 1.42. The van der Waals surface area contributed by atoms with Gasteiger partial charge in [-0.15, -0.1) is 10.2 Å². The summed E-state index contributed by atoms with van der Waals surface area (Å²) in [5.74, 6) is -1.47. The minimum Gasteiger partial charge on any atom is -0.480 e. The molecule has 0 spiro atoms. The van der Waals surface area contributed by atoms with E-state index in [1.54, 1.807) is 0 Å². The number of carbonyl (C=O) groups is 1. The van der Waals surface area contributed by atoms with Crippen molar-refractivity contribution < 1.29 is 27.5 Å². The molecule has 1 heterocycles. The van der Waals surface area contributed by atoms with Crippen molar-refractivity contribution in [1.82, 2.24) is 10.2 Å². The summed E-state index contributed by atoms with van der Waals surface area (Å²) < 4.78 is 31.4. The minimum absolute atomic E-state index is 0.0416. The summed E-state index contributed by atoms with van der Waals surface area (Å²) >= 11 is 0. The Bertz CT molecular complexity index is 465. The van der Waals surface area contributed by atoms with E-state index in [9.17, 15) is 13.2 Å². The summed E-state index contributed by atoms with van der Waals surface area (Å²) in [7, 11) is -3.23. The van der Waals surface area contributed by atoms with Gasteiger partial charge in [-0.25, -0.2) is 13.2 Å². The molecule has 0 radical (unpaired) electrons. The van der Waals surface area contributed by atoms with Gasteiger partial charge in [0.1, 0.15) is 19.0 Å². The van der Waals surface area contributed by atoms with Crippen LogP contribution in [0.1, 0.15) is 11.8 Å². The molecule has 0 unspecified atom stereocenters. The molecule has 0 saturated carbocycles. The largest absolute Gasteiger partial charge is 0.480 e. The molecule has 0 saturated heterocycles. The lowest BCUT2D eigenvalue weighted by Gasteiger charge is -1.95. The summed E-state index contributed by atoms with van der Waals surface area (Å²) in [5, 5.41) is 15.3. The number of hydrogen-bond acceptors (Lipinski definition) is 7. The van der Waals surface area contributed by atoms with Crippen LogP contribution < -0.4 is 0 Å². The SMILES string of the molecule is CS(=O)(=O)Cc1nnc(COCC(=O)O)o1. The first-order valence-corrected chi connectivity index (χ1v) is 6.21. The van der Waals surface area contributed by atoms with E-state index in [-0.39, 0.29) is 24.1 Å². The van der Waals surface area contributed by atoms with E-state index in [0.29, 0.717) is 0 Å². The molecule has 1 aromatic heterocycles. The molecule has 9 heteroatoms. The second-order valence-electron chi connectivity index (χ2n) is 3.05. The number of aromatic nitrogens is 2. The topological polar surface area (TPSA) is 120 Å². The van der Waals surface area contributed by atoms with Crippen LogP contribution in [0, 0.1) is 0 Å². The summed E-state index contributed by atoms with van der Waals surface area (Å²) in [5.41, 5.74) is 0. The molecule has 90 valence electrons. The summed E-state index contributed by atoms with van der Waals surface area (Å²) in [6, 6.07) is 0. The Morgan fingerprint density at radius 3 is 2.62 bits per heavy atom. The van der Waals surface area contributed by atoms with Crippen LogP contribution in [0.25, 0.3) is 0 Å². The zero-order valence-corrected chi connectivity index (χ0v) is 9.23. The Balaban J connectivity index is 2.49. The van der Waals surface area contributed by atoms with Gasteiger partial charge < -0.3 is 14.3 Å². The second kappa shape index (κ2) is 5.03. The number of nitrogens with zero attached hydrogens (tertiary/aromatic N) is 2. The molecular weight excluding hydrogens is 240 g/mol. The third-order valence-corrected chi connectivity index (χ3v) is 2.12. The fourth-order valence-electron chi connectivity index (χ4n) is 0.855. The average Bonchev–Trinajstić information content (AvgIpc) is 2.48. The highest BCUT2D eigenvalue weighted by Crippen LogP contribution is 2.04. The molecular formula is C7H10N2O6S. The highest BCUT2D eigenvalue weighted by molar-refractivity contribution is 7.89. The van der Waals surface area contributed by atoms with Crippen molar-refractivity contribution in [2.75, 3.05) is 12.9 Å². The van der Waals surface area contributed by atoms with Crippen molar-refractivity contribution in [3.8, 4) is 0 Å². The smallest absolute Gasteiger partial charge is 0.329 e. The van der Waals surface area contributed by atoms with Gasteiger partial charge in [0.15, 0.2) is 9.84 Å². The van der Waals surface area contributed by atoms with E-state index in [4.69, 9.17) is 9.52 Å². The summed E-state index contributed by atoms with van der Waals surface area (Å²) in [4.78, 5) is 10.1. The Labute approximate surface area is 91.2 Å². The first-order chi connectivity index (χ1) is 7.37. The lowest BCUT2D eigenvalue weighted by molar-refractivity contribution is -0.142. The number of carboxylic acid groups (broad SMARTS) is 1. The minimum atomic E-state index is -3.23. The van der Waals surface area contributed by atoms with E-state index in [1.807, 2.05) is 0 Å². The van der Waals surface area contributed by atoms with Gasteiger partial charge in [0.05, 0.1) is 0 Å². The Morgan fingerprint density at radius 2 is 2.06 bits per heavy atom. The monoisotopic (exact) mass is 250 g/mol. The number of sulfone groups is 1. The van der Waals surface area contributed by atoms with Crippen molar-refractivity contribution in [2.24, 2.45) is 0 Å². The average molecular weight is 250 g/mol. The maximum atomic E-state index is 10.9. The predicted molar refractivity (Wildman–Crippen MR) is 50.1 cm³/mol. The summed E-state index contributed by atoms with van der Waals surface area (Å²) in [6.07, 6.45) is 1.04. The van der Waals surface area contributed by atoms with Crippen molar-refractivity contribution in [3.05, 3.63) is 11.8 Å². The molecule has 0 aliphatic rings. The standard InChI is InChI=1S/C7H10N2O6S/c1-16(12,13)4-6-9-8-5(15-6)2-14-3-7(10)11/h2-4H2,1H3,(H,10,11). The second-order valence-corrected chi connectivity index (χ2v) is 5.19. The number of aliphatic carboxylic acids is 1. The Kier molecular flexibility index (Phi) is 3.96. The predicted octanol–water partition coefficient (Wildman–Crippen LogP) is -0.785. The number of rotatable bonds is 6. The lowest BCUT2D eigenvalue weighted by atomic mass is 10.7. The molecule has 0 fully saturated rings. The van der Waals surface area contributed by atoms with Crippen LogP contribution in [0.5, 0.6) is 0 Å². The highest BCUT2D eigenvalue weighted by atomic mass is 32.2. The number of ether oxygens (including phenoxy) is 1. The molecule has 1 rings (SSSR count). The normalized spacial score (nSPS) is 11.6. The molecule has 16 heavy (non-hydrogen) atoms. The van der Waals surface area contributed by atoms with E-state index in [2.05, 4.69) is 14.9 Å². The van der Waals surface area contributed by atoms with Gasteiger partial charge in [-0.1, -0.05) is 0 Å². The fraction of sp³-hybridized carbons (Fsp3) is 0.571. The van der Waals surface area contributed by atoms with Gasteiger partial charge >= 0.3 is 5.97 Å².